The number of urea groups is 1. The Morgan fingerprint density at radius 1 is 1.38 bits per heavy atom. The zero-order valence-electron chi connectivity index (χ0n) is 11.8. The Morgan fingerprint density at radius 2 is 2.00 bits per heavy atom. The maximum atomic E-state index is 11.6. The summed E-state index contributed by atoms with van der Waals surface area (Å²) in [6, 6.07) is 3.77. The quantitative estimate of drug-likeness (QED) is 0.281. The van der Waals surface area contributed by atoms with E-state index in [1.807, 2.05) is 20.8 Å². The van der Waals surface area contributed by atoms with Crippen LogP contribution in [0.25, 0.3) is 0 Å². The molecule has 21 heavy (non-hydrogen) atoms. The Balaban J connectivity index is 2.69. The number of hydrogen-bond acceptors (Lipinski definition) is 4. The zero-order valence-corrected chi connectivity index (χ0v) is 13.4. The van der Waals surface area contributed by atoms with E-state index in [0.717, 1.165) is 0 Å². The van der Waals surface area contributed by atoms with Gasteiger partial charge in [0.05, 0.1) is 9.40 Å². The van der Waals surface area contributed by atoms with Gasteiger partial charge in [-0.05, 0) is 48.8 Å². The van der Waals surface area contributed by atoms with Crippen LogP contribution in [0.2, 0.25) is 0 Å². The van der Waals surface area contributed by atoms with Gasteiger partial charge in [0.25, 0.3) is 5.69 Å². The summed E-state index contributed by atoms with van der Waals surface area (Å²) in [5.74, 6) is -0.284. The maximum Gasteiger partial charge on any atom is 0.321 e. The van der Waals surface area contributed by atoms with E-state index in [0.29, 0.717) is 10.2 Å². The van der Waals surface area contributed by atoms with Crippen molar-refractivity contribution in [2.45, 2.75) is 26.3 Å². The lowest BCUT2D eigenvalue weighted by Crippen LogP contribution is -2.49. The maximum absolute atomic E-state index is 11.6. The first kappa shape index (κ1) is 16.9. The van der Waals surface area contributed by atoms with Gasteiger partial charge in [0, 0.05) is 17.3 Å². The van der Waals surface area contributed by atoms with Crippen LogP contribution in [0.1, 0.15) is 20.8 Å². The number of nitro groups is 1. The van der Waals surface area contributed by atoms with Gasteiger partial charge in [0.1, 0.15) is 0 Å². The molecule has 0 bridgehead atoms. The van der Waals surface area contributed by atoms with Crippen molar-refractivity contribution in [3.63, 3.8) is 0 Å². The molecule has 2 amide bonds. The molecule has 4 N–H and O–H groups in total. The lowest BCUT2D eigenvalue weighted by atomic mass is 10.1. The average molecular weight is 358 g/mol. The molecule has 1 rings (SSSR count). The van der Waals surface area contributed by atoms with E-state index in [2.05, 4.69) is 31.9 Å². The molecule has 0 unspecified atom stereocenters. The molecule has 8 nitrogen and oxygen atoms in total. The first-order valence-electron chi connectivity index (χ1n) is 5.97. The first-order chi connectivity index (χ1) is 9.58. The van der Waals surface area contributed by atoms with Gasteiger partial charge in [-0.3, -0.25) is 20.8 Å². The smallest absolute Gasteiger partial charge is 0.321 e. The van der Waals surface area contributed by atoms with E-state index in [-0.39, 0.29) is 11.6 Å². The van der Waals surface area contributed by atoms with Gasteiger partial charge in [0.15, 0.2) is 0 Å². The molecule has 0 radical (unpaired) electrons. The van der Waals surface area contributed by atoms with Crippen LogP contribution in [0.5, 0.6) is 0 Å². The predicted molar refractivity (Wildman–Crippen MR) is 83.6 cm³/mol. The Kier molecular flexibility index (Phi) is 5.25. The fourth-order valence-corrected chi connectivity index (χ4v) is 1.78. The van der Waals surface area contributed by atoms with E-state index in [4.69, 9.17) is 5.41 Å². The average Bonchev–Trinajstić information content (AvgIpc) is 2.28. The van der Waals surface area contributed by atoms with Crippen molar-refractivity contribution in [3.8, 4) is 0 Å². The van der Waals surface area contributed by atoms with Gasteiger partial charge in [0.2, 0.25) is 5.96 Å². The van der Waals surface area contributed by atoms with Crippen LogP contribution < -0.4 is 16.0 Å². The highest BCUT2D eigenvalue weighted by Crippen LogP contribution is 2.27. The zero-order chi connectivity index (χ0) is 16.2. The topological polar surface area (TPSA) is 120 Å². The number of rotatable bonds is 2. The van der Waals surface area contributed by atoms with E-state index in [1.165, 1.54) is 12.1 Å². The Hall–Kier alpha value is -2.16. The highest BCUT2D eigenvalue weighted by molar-refractivity contribution is 9.10. The second-order valence-corrected chi connectivity index (χ2v) is 6.11. The van der Waals surface area contributed by atoms with Crippen molar-refractivity contribution in [3.05, 3.63) is 32.8 Å². The van der Waals surface area contributed by atoms with Crippen LogP contribution in [-0.2, 0) is 0 Å². The second kappa shape index (κ2) is 6.53. The molecule has 0 atom stereocenters. The fraction of sp³-hybridized carbons (Fsp3) is 0.333. The molecule has 114 valence electrons. The number of nitrogens with zero attached hydrogens (tertiary/aromatic N) is 1. The number of carbonyl (C=O) groups is 1. The second-order valence-electron chi connectivity index (χ2n) is 5.25. The van der Waals surface area contributed by atoms with Crippen molar-refractivity contribution >= 4 is 39.3 Å². The van der Waals surface area contributed by atoms with Gasteiger partial charge in [-0.1, -0.05) is 0 Å². The van der Waals surface area contributed by atoms with Gasteiger partial charge in [-0.15, -0.1) is 0 Å². The van der Waals surface area contributed by atoms with Crippen molar-refractivity contribution in [2.24, 2.45) is 0 Å². The number of hydrogen-bond donors (Lipinski definition) is 4. The molecule has 1 aromatic carbocycles. The first-order valence-corrected chi connectivity index (χ1v) is 6.76. The number of benzene rings is 1. The van der Waals surface area contributed by atoms with Gasteiger partial charge in [-0.25, -0.2) is 4.79 Å². The highest BCUT2D eigenvalue weighted by atomic mass is 79.9. The van der Waals surface area contributed by atoms with Crippen LogP contribution in [0.3, 0.4) is 0 Å². The summed E-state index contributed by atoms with van der Waals surface area (Å²) in [5, 5.41) is 25.9. The third kappa shape index (κ3) is 5.78. The number of anilines is 1. The lowest BCUT2D eigenvalue weighted by molar-refractivity contribution is -0.385. The Morgan fingerprint density at radius 3 is 2.52 bits per heavy atom. The van der Waals surface area contributed by atoms with Gasteiger partial charge < -0.3 is 10.6 Å². The SMILES string of the molecule is CC(C)(C)NC(=O)NC(=N)Nc1ccc(Br)c([N+](=O)[O-])c1. The van der Waals surface area contributed by atoms with Gasteiger partial charge in [-0.2, -0.15) is 0 Å². The number of nitrogens with one attached hydrogen (secondary N) is 4. The van der Waals surface area contributed by atoms with Crippen molar-refractivity contribution < 1.29 is 9.72 Å². The van der Waals surface area contributed by atoms with Crippen LogP contribution in [0.15, 0.2) is 22.7 Å². The van der Waals surface area contributed by atoms with E-state index < -0.39 is 16.5 Å². The number of halogens is 1. The standard InChI is InChI=1S/C12H16BrN5O3/c1-12(2,3)17-11(19)16-10(14)15-7-4-5-8(13)9(6-7)18(20)21/h4-6H,1-3H3,(H4,14,15,16,17,19). The lowest BCUT2D eigenvalue weighted by Gasteiger charge is -2.21. The Labute approximate surface area is 130 Å². The van der Waals surface area contributed by atoms with Crippen molar-refractivity contribution in [1.29, 1.82) is 5.41 Å². The summed E-state index contributed by atoms with van der Waals surface area (Å²) in [7, 11) is 0. The molecule has 0 aliphatic carbocycles. The van der Waals surface area contributed by atoms with Gasteiger partial charge >= 0.3 is 6.03 Å². The molecule has 0 aliphatic rings. The third-order valence-electron chi connectivity index (χ3n) is 2.14. The summed E-state index contributed by atoms with van der Waals surface area (Å²) in [6.45, 7) is 5.42. The summed E-state index contributed by atoms with van der Waals surface area (Å²) < 4.78 is 0.336. The molecule has 0 fully saturated rings. The fourth-order valence-electron chi connectivity index (χ4n) is 1.39. The molecule has 0 aromatic heterocycles. The summed E-state index contributed by atoms with van der Waals surface area (Å²) in [6.07, 6.45) is 0. The van der Waals surface area contributed by atoms with E-state index >= 15 is 0 Å². The van der Waals surface area contributed by atoms with Crippen LogP contribution in [0, 0.1) is 15.5 Å². The molecule has 0 saturated carbocycles. The normalized spacial score (nSPS) is 10.7. The van der Waals surface area contributed by atoms with Crippen molar-refractivity contribution in [2.75, 3.05) is 5.32 Å². The summed E-state index contributed by atoms with van der Waals surface area (Å²) >= 11 is 3.07. The molecular formula is C12H16BrN5O3. The van der Waals surface area contributed by atoms with Crippen LogP contribution in [0.4, 0.5) is 16.2 Å². The molecule has 1 aromatic rings. The molecule has 0 aliphatic heterocycles. The minimum atomic E-state index is -0.543. The molecular weight excluding hydrogens is 342 g/mol. The number of guanidine groups is 1. The minimum absolute atomic E-state index is 0.132. The van der Waals surface area contributed by atoms with E-state index in [1.54, 1.807) is 6.07 Å². The highest BCUT2D eigenvalue weighted by Gasteiger charge is 2.16. The van der Waals surface area contributed by atoms with Crippen molar-refractivity contribution in [1.82, 2.24) is 10.6 Å². The molecule has 9 heteroatoms. The van der Waals surface area contributed by atoms with E-state index in [9.17, 15) is 14.9 Å². The number of amides is 2. The molecule has 0 heterocycles. The monoisotopic (exact) mass is 357 g/mol. The molecule has 0 spiro atoms. The number of carbonyl (C=O) groups excluding carboxylic acids is 1. The summed E-state index contributed by atoms with van der Waals surface area (Å²) in [4.78, 5) is 21.8. The largest absolute Gasteiger partial charge is 0.333 e. The third-order valence-corrected chi connectivity index (χ3v) is 2.81. The summed E-state index contributed by atoms with van der Waals surface area (Å²) in [5.41, 5.74) is -0.237. The van der Waals surface area contributed by atoms with Crippen LogP contribution in [-0.4, -0.2) is 22.5 Å². The number of nitro benzene ring substituents is 1. The predicted octanol–water partition coefficient (Wildman–Crippen LogP) is 2.80. The molecule has 0 saturated heterocycles. The minimum Gasteiger partial charge on any atom is -0.333 e. The van der Waals surface area contributed by atoms with Crippen LogP contribution >= 0.6 is 15.9 Å². The Bertz CT molecular complexity index is 583.